The third-order valence-corrected chi connectivity index (χ3v) is 5.00. The van der Waals surface area contributed by atoms with Crippen LogP contribution in [0.2, 0.25) is 0 Å². The standard InChI is InChI=1S/C21H16F6N8O/c1-11(30-19(36)12-7-13(20(22,23)24)9-14(8-12)21(25,26)27)17-18(29-5-4-28-17)15-10-35(33-31-15)16-3-6-34(2)32-16/h3-11H,1-2H3,(H,30,36). The lowest BCUT2D eigenvalue weighted by Crippen LogP contribution is -2.28. The van der Waals surface area contributed by atoms with Crippen molar-refractivity contribution < 1.29 is 31.1 Å². The summed E-state index contributed by atoms with van der Waals surface area (Å²) < 4.78 is 81.9. The Morgan fingerprint density at radius 1 is 1.00 bits per heavy atom. The SMILES string of the molecule is CC(NC(=O)c1cc(C(F)(F)F)cc(C(F)(F)F)c1)c1nccnc1-c1cn(-c2ccn(C)n2)nn1. The summed E-state index contributed by atoms with van der Waals surface area (Å²) in [6.45, 7) is 1.45. The second kappa shape index (κ2) is 9.05. The van der Waals surface area contributed by atoms with Gasteiger partial charge in [-0.15, -0.1) is 5.10 Å². The van der Waals surface area contributed by atoms with E-state index >= 15 is 0 Å². The van der Waals surface area contributed by atoms with Crippen LogP contribution < -0.4 is 5.32 Å². The van der Waals surface area contributed by atoms with Crippen LogP contribution in [-0.2, 0) is 19.4 Å². The van der Waals surface area contributed by atoms with Crippen molar-refractivity contribution >= 4 is 5.91 Å². The van der Waals surface area contributed by atoms with Gasteiger partial charge in [0.1, 0.15) is 11.4 Å². The van der Waals surface area contributed by atoms with Gasteiger partial charge >= 0.3 is 12.4 Å². The zero-order chi connectivity index (χ0) is 26.3. The molecule has 15 heteroatoms. The van der Waals surface area contributed by atoms with Crippen LogP contribution in [-0.4, -0.2) is 40.6 Å². The van der Waals surface area contributed by atoms with Gasteiger partial charge in [0.2, 0.25) is 0 Å². The van der Waals surface area contributed by atoms with Crippen molar-refractivity contribution in [3.8, 4) is 17.2 Å². The summed E-state index contributed by atoms with van der Waals surface area (Å²) in [5, 5.41) is 14.6. The largest absolute Gasteiger partial charge is 0.416 e. The minimum absolute atomic E-state index is 0.0497. The Morgan fingerprint density at radius 2 is 1.64 bits per heavy atom. The molecule has 3 heterocycles. The molecule has 4 rings (SSSR count). The molecule has 0 saturated heterocycles. The van der Waals surface area contributed by atoms with Gasteiger partial charge in [-0.25, -0.2) is 0 Å². The van der Waals surface area contributed by atoms with E-state index in [2.05, 4.69) is 30.7 Å². The lowest BCUT2D eigenvalue weighted by atomic mass is 10.0. The first kappa shape index (κ1) is 24.8. The fourth-order valence-corrected chi connectivity index (χ4v) is 3.31. The van der Waals surface area contributed by atoms with Gasteiger partial charge in [-0.1, -0.05) is 5.21 Å². The first-order valence-electron chi connectivity index (χ1n) is 10.2. The Bertz CT molecular complexity index is 1380. The van der Waals surface area contributed by atoms with Crippen LogP contribution in [0.5, 0.6) is 0 Å². The lowest BCUT2D eigenvalue weighted by Gasteiger charge is -2.17. The molecular formula is C21H16F6N8O. The van der Waals surface area contributed by atoms with Crippen LogP contribution in [0.15, 0.2) is 49.1 Å². The van der Waals surface area contributed by atoms with Crippen LogP contribution in [0, 0.1) is 0 Å². The number of nitrogens with one attached hydrogen (secondary N) is 1. The molecule has 0 bridgehead atoms. The maximum Gasteiger partial charge on any atom is 0.416 e. The highest BCUT2D eigenvalue weighted by atomic mass is 19.4. The highest BCUT2D eigenvalue weighted by molar-refractivity contribution is 5.95. The number of aromatic nitrogens is 7. The molecule has 1 unspecified atom stereocenters. The van der Waals surface area contributed by atoms with E-state index in [0.717, 1.165) is 0 Å². The van der Waals surface area contributed by atoms with Gasteiger partial charge in [0, 0.05) is 37.3 Å². The van der Waals surface area contributed by atoms with Crippen molar-refractivity contribution in [2.75, 3.05) is 0 Å². The number of halogens is 6. The van der Waals surface area contributed by atoms with E-state index in [-0.39, 0.29) is 23.1 Å². The summed E-state index contributed by atoms with van der Waals surface area (Å²) in [7, 11) is 1.72. The minimum Gasteiger partial charge on any atom is -0.344 e. The van der Waals surface area contributed by atoms with Crippen LogP contribution in [0.25, 0.3) is 17.2 Å². The number of amides is 1. The second-order valence-corrected chi connectivity index (χ2v) is 7.68. The Hall–Kier alpha value is -4.30. The van der Waals surface area contributed by atoms with E-state index in [9.17, 15) is 31.1 Å². The number of rotatable bonds is 5. The number of aryl methyl sites for hydroxylation is 1. The summed E-state index contributed by atoms with van der Waals surface area (Å²) in [5.41, 5.74) is -3.38. The Labute approximate surface area is 198 Å². The number of nitrogens with zero attached hydrogens (tertiary/aromatic N) is 7. The molecule has 4 aromatic rings. The third-order valence-electron chi connectivity index (χ3n) is 5.00. The van der Waals surface area contributed by atoms with Crippen molar-refractivity contribution in [3.05, 3.63) is 71.4 Å². The Balaban J connectivity index is 1.63. The molecule has 0 spiro atoms. The van der Waals surface area contributed by atoms with Crippen LogP contribution in [0.3, 0.4) is 0 Å². The number of carbonyl (C=O) groups excluding carboxylic acids is 1. The number of hydrogen-bond donors (Lipinski definition) is 1. The van der Waals surface area contributed by atoms with E-state index in [0.29, 0.717) is 18.0 Å². The van der Waals surface area contributed by atoms with E-state index in [1.165, 1.54) is 30.2 Å². The van der Waals surface area contributed by atoms with Crippen LogP contribution >= 0.6 is 0 Å². The van der Waals surface area contributed by atoms with Gasteiger partial charge in [-0.3, -0.25) is 19.4 Å². The fourth-order valence-electron chi connectivity index (χ4n) is 3.31. The van der Waals surface area contributed by atoms with Crippen molar-refractivity contribution in [1.82, 2.24) is 40.1 Å². The van der Waals surface area contributed by atoms with Gasteiger partial charge in [-0.05, 0) is 25.1 Å². The number of hydrogen-bond acceptors (Lipinski definition) is 6. The van der Waals surface area contributed by atoms with Gasteiger partial charge in [0.25, 0.3) is 5.91 Å². The number of carbonyl (C=O) groups is 1. The Morgan fingerprint density at radius 3 is 2.22 bits per heavy atom. The van der Waals surface area contributed by atoms with Gasteiger partial charge < -0.3 is 5.32 Å². The summed E-state index contributed by atoms with van der Waals surface area (Å²) in [5.74, 6) is -0.694. The van der Waals surface area contributed by atoms with Crippen molar-refractivity contribution in [1.29, 1.82) is 0 Å². The summed E-state index contributed by atoms with van der Waals surface area (Å²) >= 11 is 0. The van der Waals surface area contributed by atoms with Gasteiger partial charge in [0.15, 0.2) is 5.82 Å². The molecule has 3 aromatic heterocycles. The predicted molar refractivity (Wildman–Crippen MR) is 111 cm³/mol. The zero-order valence-electron chi connectivity index (χ0n) is 18.5. The molecule has 9 nitrogen and oxygen atoms in total. The molecule has 0 aliphatic rings. The maximum atomic E-state index is 13.2. The average molecular weight is 510 g/mol. The first-order valence-corrected chi connectivity index (χ1v) is 10.2. The molecule has 0 saturated carbocycles. The van der Waals surface area contributed by atoms with Gasteiger partial charge in [-0.2, -0.15) is 36.1 Å². The molecule has 0 aliphatic heterocycles. The molecule has 1 N–H and O–H groups in total. The van der Waals surface area contributed by atoms with E-state index in [4.69, 9.17) is 0 Å². The van der Waals surface area contributed by atoms with Crippen molar-refractivity contribution in [3.63, 3.8) is 0 Å². The number of benzene rings is 1. The van der Waals surface area contributed by atoms with Crippen LogP contribution in [0.1, 0.15) is 40.1 Å². The molecule has 0 fully saturated rings. The monoisotopic (exact) mass is 510 g/mol. The van der Waals surface area contributed by atoms with E-state index in [1.54, 1.807) is 24.0 Å². The first-order chi connectivity index (χ1) is 16.8. The van der Waals surface area contributed by atoms with Crippen LogP contribution in [0.4, 0.5) is 26.3 Å². The molecule has 0 radical (unpaired) electrons. The van der Waals surface area contributed by atoms with E-state index < -0.39 is 41.0 Å². The highest BCUT2D eigenvalue weighted by Gasteiger charge is 2.37. The fraction of sp³-hybridized carbons (Fsp3) is 0.238. The smallest absolute Gasteiger partial charge is 0.344 e. The molecule has 1 atom stereocenters. The molecular weight excluding hydrogens is 494 g/mol. The zero-order valence-corrected chi connectivity index (χ0v) is 18.5. The average Bonchev–Trinajstić information content (AvgIpc) is 3.46. The summed E-state index contributed by atoms with van der Waals surface area (Å²) in [6, 6.07) is 1.38. The lowest BCUT2D eigenvalue weighted by molar-refractivity contribution is -0.143. The quantitative estimate of drug-likeness (QED) is 0.408. The van der Waals surface area contributed by atoms with E-state index in [1.807, 2.05) is 0 Å². The maximum absolute atomic E-state index is 13.2. The number of alkyl halides is 6. The Kier molecular flexibility index (Phi) is 6.24. The van der Waals surface area contributed by atoms with Crippen molar-refractivity contribution in [2.45, 2.75) is 25.3 Å². The summed E-state index contributed by atoms with van der Waals surface area (Å²) in [6.07, 6.45) is -4.29. The predicted octanol–water partition coefficient (Wildman–Crippen LogP) is 3.99. The van der Waals surface area contributed by atoms with Gasteiger partial charge in [0.05, 0.1) is 29.1 Å². The molecule has 188 valence electrons. The normalized spacial score (nSPS) is 13.0. The molecule has 1 amide bonds. The third kappa shape index (κ3) is 5.18. The second-order valence-electron chi connectivity index (χ2n) is 7.68. The van der Waals surface area contributed by atoms with Crippen molar-refractivity contribution in [2.24, 2.45) is 7.05 Å². The highest BCUT2D eigenvalue weighted by Crippen LogP contribution is 2.36. The molecule has 1 aromatic carbocycles. The topological polar surface area (TPSA) is 103 Å². The molecule has 36 heavy (non-hydrogen) atoms. The molecule has 0 aliphatic carbocycles. The summed E-state index contributed by atoms with van der Waals surface area (Å²) in [4.78, 5) is 21.1. The minimum atomic E-state index is -5.08.